The molecule has 5 nitrogen and oxygen atoms in total. The van der Waals surface area contributed by atoms with Crippen LogP contribution in [0, 0.1) is 5.92 Å². The van der Waals surface area contributed by atoms with Gasteiger partial charge < -0.3 is 16.4 Å². The molecule has 1 unspecified atom stereocenters. The van der Waals surface area contributed by atoms with Crippen molar-refractivity contribution >= 4 is 54.0 Å². The van der Waals surface area contributed by atoms with E-state index in [1.165, 1.54) is 6.07 Å². The molecule has 1 fully saturated rings. The van der Waals surface area contributed by atoms with Crippen LogP contribution in [0.3, 0.4) is 0 Å². The summed E-state index contributed by atoms with van der Waals surface area (Å²) in [7, 11) is 0. The summed E-state index contributed by atoms with van der Waals surface area (Å²) in [6, 6.07) is 3.28. The quantitative estimate of drug-likeness (QED) is 0.513. The van der Waals surface area contributed by atoms with Gasteiger partial charge in [0, 0.05) is 13.1 Å². The van der Waals surface area contributed by atoms with Crippen molar-refractivity contribution in [2.24, 2.45) is 27.4 Å². The highest BCUT2D eigenvalue weighted by Crippen LogP contribution is 2.36. The molecule has 1 aromatic rings. The Morgan fingerprint density at radius 3 is 2.50 bits per heavy atom. The maximum atomic E-state index is 12.8. The van der Waals surface area contributed by atoms with E-state index in [1.54, 1.807) is 0 Å². The molecule has 1 aliphatic heterocycles. The number of nitrogens with zero attached hydrogens (tertiary/aromatic N) is 3. The van der Waals surface area contributed by atoms with Gasteiger partial charge in [0.05, 0.1) is 16.3 Å². The van der Waals surface area contributed by atoms with E-state index in [-0.39, 0.29) is 42.4 Å². The Hall–Kier alpha value is -1.38. The molecule has 0 radical (unpaired) electrons. The summed E-state index contributed by atoms with van der Waals surface area (Å²) in [6.45, 7) is 3.65. The molecular formula is C15H21Cl3F3N5. The predicted molar refractivity (Wildman–Crippen MR) is 104 cm³/mol. The van der Waals surface area contributed by atoms with Gasteiger partial charge in [-0.1, -0.05) is 18.5 Å². The van der Waals surface area contributed by atoms with Crippen molar-refractivity contribution in [1.29, 1.82) is 0 Å². The number of rotatable bonds is 1. The molecule has 4 N–H and O–H groups in total. The molecule has 1 aliphatic rings. The van der Waals surface area contributed by atoms with Gasteiger partial charge in [-0.25, -0.2) is 4.99 Å². The van der Waals surface area contributed by atoms with Crippen LogP contribution in [0.25, 0.3) is 0 Å². The number of benzene rings is 1. The van der Waals surface area contributed by atoms with E-state index in [4.69, 9.17) is 23.1 Å². The Balaban J connectivity index is 0.00000312. The normalized spacial score (nSPS) is 18.8. The average molecular weight is 435 g/mol. The Kier molecular flexibility index (Phi) is 9.55. The maximum Gasteiger partial charge on any atom is 0.417 e. The van der Waals surface area contributed by atoms with Gasteiger partial charge >= 0.3 is 6.18 Å². The van der Waals surface area contributed by atoms with Crippen LogP contribution in [-0.4, -0.2) is 29.9 Å². The van der Waals surface area contributed by atoms with E-state index < -0.39 is 16.8 Å². The minimum atomic E-state index is -4.57. The third kappa shape index (κ3) is 6.74. The number of guanidine groups is 2. The molecule has 0 aromatic heterocycles. The fraction of sp³-hybridized carbons (Fsp3) is 0.467. The van der Waals surface area contributed by atoms with E-state index in [1.807, 2.05) is 4.90 Å². The summed E-state index contributed by atoms with van der Waals surface area (Å²) in [6.07, 6.45) is -2.44. The first-order chi connectivity index (χ1) is 11.2. The summed E-state index contributed by atoms with van der Waals surface area (Å²) >= 11 is 5.56. The van der Waals surface area contributed by atoms with Crippen molar-refractivity contribution in [3.8, 4) is 0 Å². The van der Waals surface area contributed by atoms with Gasteiger partial charge in [-0.2, -0.15) is 18.2 Å². The lowest BCUT2D eigenvalue weighted by Crippen LogP contribution is -2.44. The first-order valence-corrected chi connectivity index (χ1v) is 7.84. The predicted octanol–water partition coefficient (Wildman–Crippen LogP) is 4.20. The number of hydrogen-bond donors (Lipinski definition) is 2. The minimum absolute atomic E-state index is 0. The Morgan fingerprint density at radius 1 is 1.27 bits per heavy atom. The standard InChI is InChI=1S/C15H19ClF3N5.2ClH/c1-9-3-2-6-24(8-9)14(21)23-13(20)22-10-4-5-12(16)11(7-10)15(17,18)19;;/h4-5,7,9H,2-3,6,8H2,1H3,(H4,20,21,22,23);2*1H. The SMILES string of the molecule is CC1CCCN(/C(N)=N\C(N)=Nc2ccc(Cl)c(C(F)(F)F)c2)C1.Cl.Cl. The van der Waals surface area contributed by atoms with Crippen LogP contribution in [-0.2, 0) is 6.18 Å². The number of aliphatic imine (C=N–C) groups is 2. The van der Waals surface area contributed by atoms with E-state index >= 15 is 0 Å². The molecule has 1 saturated heterocycles. The molecular weight excluding hydrogens is 414 g/mol. The molecule has 2 rings (SSSR count). The monoisotopic (exact) mass is 433 g/mol. The molecule has 1 aromatic carbocycles. The molecule has 0 saturated carbocycles. The number of nitrogens with two attached hydrogens (primary N) is 2. The van der Waals surface area contributed by atoms with Crippen LogP contribution in [0.2, 0.25) is 5.02 Å². The second-order valence-electron chi connectivity index (χ2n) is 5.80. The van der Waals surface area contributed by atoms with Crippen LogP contribution in [0.1, 0.15) is 25.3 Å². The van der Waals surface area contributed by atoms with Gasteiger partial charge in [0.15, 0.2) is 5.96 Å². The van der Waals surface area contributed by atoms with Crippen molar-refractivity contribution in [3.05, 3.63) is 28.8 Å². The zero-order chi connectivity index (χ0) is 17.9. The first-order valence-electron chi connectivity index (χ1n) is 7.47. The van der Waals surface area contributed by atoms with Gasteiger partial charge in [0.2, 0.25) is 5.96 Å². The van der Waals surface area contributed by atoms with Crippen LogP contribution in [0.15, 0.2) is 28.2 Å². The fourth-order valence-corrected chi connectivity index (χ4v) is 2.77. The van der Waals surface area contributed by atoms with Crippen LogP contribution in [0.4, 0.5) is 18.9 Å². The van der Waals surface area contributed by atoms with Gasteiger partial charge in [0.1, 0.15) is 0 Å². The molecule has 1 atom stereocenters. The smallest absolute Gasteiger partial charge is 0.369 e. The summed E-state index contributed by atoms with van der Waals surface area (Å²) in [5.74, 6) is 0.505. The second-order valence-corrected chi connectivity index (χ2v) is 6.20. The highest BCUT2D eigenvalue weighted by Gasteiger charge is 2.33. The maximum absolute atomic E-state index is 12.8. The first kappa shape index (κ1) is 24.6. The Bertz CT molecular complexity index is 664. The molecule has 0 spiro atoms. The number of hydrogen-bond acceptors (Lipinski definition) is 1. The van der Waals surface area contributed by atoms with Crippen molar-refractivity contribution in [3.63, 3.8) is 0 Å². The zero-order valence-electron chi connectivity index (χ0n) is 14.0. The topological polar surface area (TPSA) is 80.0 Å². The van der Waals surface area contributed by atoms with Crippen molar-refractivity contribution in [2.45, 2.75) is 25.9 Å². The summed E-state index contributed by atoms with van der Waals surface area (Å²) < 4.78 is 38.5. The Morgan fingerprint density at radius 2 is 1.92 bits per heavy atom. The minimum Gasteiger partial charge on any atom is -0.369 e. The van der Waals surface area contributed by atoms with Crippen molar-refractivity contribution in [1.82, 2.24) is 4.90 Å². The largest absolute Gasteiger partial charge is 0.417 e. The lowest BCUT2D eigenvalue weighted by atomic mass is 10.0. The van der Waals surface area contributed by atoms with Gasteiger partial charge in [-0.05, 0) is 37.0 Å². The number of alkyl halides is 3. The van der Waals surface area contributed by atoms with E-state index in [0.717, 1.165) is 38.1 Å². The van der Waals surface area contributed by atoms with Gasteiger partial charge in [0.25, 0.3) is 0 Å². The molecule has 0 amide bonds. The number of halogens is 6. The zero-order valence-corrected chi connectivity index (χ0v) is 16.4. The second kappa shape index (κ2) is 10.1. The number of likely N-dealkylation sites (tertiary alicyclic amines) is 1. The third-order valence-electron chi connectivity index (χ3n) is 3.71. The molecule has 26 heavy (non-hydrogen) atoms. The third-order valence-corrected chi connectivity index (χ3v) is 4.04. The molecule has 1 heterocycles. The Labute approximate surface area is 167 Å². The average Bonchev–Trinajstić information content (AvgIpc) is 2.48. The van der Waals surface area contributed by atoms with Gasteiger partial charge in [-0.3, -0.25) is 0 Å². The van der Waals surface area contributed by atoms with Crippen molar-refractivity contribution in [2.75, 3.05) is 13.1 Å². The summed E-state index contributed by atoms with van der Waals surface area (Å²) in [5, 5.41) is -0.398. The lowest BCUT2D eigenvalue weighted by molar-refractivity contribution is -0.137. The van der Waals surface area contributed by atoms with E-state index in [9.17, 15) is 13.2 Å². The molecule has 0 aliphatic carbocycles. The van der Waals surface area contributed by atoms with Gasteiger partial charge in [-0.15, -0.1) is 24.8 Å². The lowest BCUT2D eigenvalue weighted by Gasteiger charge is -2.31. The van der Waals surface area contributed by atoms with Crippen LogP contribution in [0.5, 0.6) is 0 Å². The molecule has 11 heteroatoms. The summed E-state index contributed by atoms with van der Waals surface area (Å²) in [5.41, 5.74) is 10.6. The highest BCUT2D eigenvalue weighted by molar-refractivity contribution is 6.31. The van der Waals surface area contributed by atoms with E-state index in [0.29, 0.717) is 5.92 Å². The van der Waals surface area contributed by atoms with Crippen molar-refractivity contribution < 1.29 is 13.2 Å². The highest BCUT2D eigenvalue weighted by atomic mass is 35.5. The molecule has 148 valence electrons. The fourth-order valence-electron chi connectivity index (χ4n) is 2.54. The van der Waals surface area contributed by atoms with Crippen LogP contribution < -0.4 is 11.5 Å². The summed E-state index contributed by atoms with van der Waals surface area (Å²) in [4.78, 5) is 9.74. The molecule has 0 bridgehead atoms. The number of piperidine rings is 1. The van der Waals surface area contributed by atoms with Crippen LogP contribution >= 0.6 is 36.4 Å². The van der Waals surface area contributed by atoms with E-state index in [2.05, 4.69) is 16.9 Å².